The summed E-state index contributed by atoms with van der Waals surface area (Å²) in [5.41, 5.74) is 0.988. The van der Waals surface area contributed by atoms with Gasteiger partial charge in [0.25, 0.3) is 5.91 Å². The molecule has 1 atom stereocenters. The van der Waals surface area contributed by atoms with Crippen LogP contribution in [0.15, 0.2) is 42.7 Å². The van der Waals surface area contributed by atoms with E-state index in [1.807, 2.05) is 23.1 Å². The molecule has 3 heterocycles. The van der Waals surface area contributed by atoms with Crippen molar-refractivity contribution in [2.24, 2.45) is 5.41 Å². The molecule has 2 fully saturated rings. The number of amides is 2. The first-order chi connectivity index (χ1) is 14.6. The van der Waals surface area contributed by atoms with Gasteiger partial charge in [0.1, 0.15) is 0 Å². The maximum Gasteiger partial charge on any atom is 0.255 e. The minimum atomic E-state index is -0.498. The van der Waals surface area contributed by atoms with Gasteiger partial charge in [0.15, 0.2) is 11.5 Å². The van der Waals surface area contributed by atoms with Crippen LogP contribution < -0.4 is 9.47 Å². The Balaban J connectivity index is 1.51. The molecular formula is C23H27N3O4. The summed E-state index contributed by atoms with van der Waals surface area (Å²) in [7, 11) is 3.22. The number of carbonyl (C=O) groups excluding carboxylic acids is 2. The topological polar surface area (TPSA) is 72.0 Å². The molecule has 0 saturated carbocycles. The number of hydrogen-bond acceptors (Lipinski definition) is 5. The van der Waals surface area contributed by atoms with E-state index >= 15 is 0 Å². The number of carbonyl (C=O) groups is 2. The number of pyridine rings is 1. The second kappa shape index (κ2) is 8.34. The number of likely N-dealkylation sites (tertiary alicyclic amines) is 2. The van der Waals surface area contributed by atoms with Gasteiger partial charge in [0, 0.05) is 44.1 Å². The number of piperidine rings is 1. The van der Waals surface area contributed by atoms with E-state index in [0.717, 1.165) is 18.4 Å². The maximum absolute atomic E-state index is 13.5. The molecular weight excluding hydrogens is 382 g/mol. The lowest BCUT2D eigenvalue weighted by Gasteiger charge is -2.39. The van der Waals surface area contributed by atoms with E-state index in [9.17, 15) is 9.59 Å². The molecule has 1 unspecified atom stereocenters. The van der Waals surface area contributed by atoms with Crippen LogP contribution in [-0.2, 0) is 11.3 Å². The van der Waals surface area contributed by atoms with Crippen molar-refractivity contribution < 1.29 is 19.1 Å². The van der Waals surface area contributed by atoms with Crippen LogP contribution in [-0.4, -0.2) is 60.5 Å². The van der Waals surface area contributed by atoms with E-state index < -0.39 is 5.41 Å². The predicted octanol–water partition coefficient (Wildman–Crippen LogP) is 2.75. The lowest BCUT2D eigenvalue weighted by atomic mass is 9.78. The minimum absolute atomic E-state index is 0.0561. The van der Waals surface area contributed by atoms with Crippen LogP contribution in [0.25, 0.3) is 0 Å². The lowest BCUT2D eigenvalue weighted by Crippen LogP contribution is -2.50. The Morgan fingerprint density at radius 1 is 1.13 bits per heavy atom. The van der Waals surface area contributed by atoms with Crippen LogP contribution in [0, 0.1) is 5.41 Å². The number of ether oxygens (including phenoxy) is 2. The summed E-state index contributed by atoms with van der Waals surface area (Å²) < 4.78 is 10.9. The van der Waals surface area contributed by atoms with Crippen LogP contribution in [0.3, 0.4) is 0 Å². The number of nitrogens with zero attached hydrogens (tertiary/aromatic N) is 3. The third-order valence-electron chi connectivity index (χ3n) is 6.22. The molecule has 7 heteroatoms. The first-order valence-electron chi connectivity index (χ1n) is 10.3. The van der Waals surface area contributed by atoms with Crippen LogP contribution in [0.5, 0.6) is 11.5 Å². The highest BCUT2D eigenvalue weighted by Gasteiger charge is 2.49. The Labute approximate surface area is 176 Å². The van der Waals surface area contributed by atoms with Gasteiger partial charge < -0.3 is 19.3 Å². The summed E-state index contributed by atoms with van der Waals surface area (Å²) in [5.74, 6) is 1.38. The third kappa shape index (κ3) is 3.60. The standard InChI is InChI=1S/C23H27N3O4/c1-29-19-8-3-6-18(20(19)30-2)15-25-12-5-9-23(22(25)28)10-13-26(16-23)21(27)17-7-4-11-24-14-17/h3-4,6-8,11,14H,5,9-10,12-13,15-16H2,1-2H3. The molecule has 0 aliphatic carbocycles. The zero-order valence-electron chi connectivity index (χ0n) is 17.5. The smallest absolute Gasteiger partial charge is 0.255 e. The Bertz CT molecular complexity index is 933. The zero-order chi connectivity index (χ0) is 21.1. The van der Waals surface area contributed by atoms with Gasteiger partial charge in [-0.15, -0.1) is 0 Å². The fourth-order valence-electron chi connectivity index (χ4n) is 4.68. The lowest BCUT2D eigenvalue weighted by molar-refractivity contribution is -0.146. The summed E-state index contributed by atoms with van der Waals surface area (Å²) >= 11 is 0. The molecule has 1 aromatic heterocycles. The Morgan fingerprint density at radius 3 is 2.73 bits per heavy atom. The number of aromatic nitrogens is 1. The van der Waals surface area contributed by atoms with Crippen molar-refractivity contribution in [2.45, 2.75) is 25.8 Å². The molecule has 2 aromatic rings. The van der Waals surface area contributed by atoms with Crippen molar-refractivity contribution in [3.8, 4) is 11.5 Å². The van der Waals surface area contributed by atoms with Gasteiger partial charge in [0.05, 0.1) is 25.2 Å². The van der Waals surface area contributed by atoms with Gasteiger partial charge in [-0.2, -0.15) is 0 Å². The Morgan fingerprint density at radius 2 is 2.00 bits per heavy atom. The van der Waals surface area contributed by atoms with Crippen molar-refractivity contribution >= 4 is 11.8 Å². The van der Waals surface area contributed by atoms with Gasteiger partial charge in [-0.3, -0.25) is 14.6 Å². The van der Waals surface area contributed by atoms with Crippen LogP contribution in [0.2, 0.25) is 0 Å². The Hall–Kier alpha value is -3.09. The number of rotatable bonds is 5. The van der Waals surface area contributed by atoms with E-state index in [-0.39, 0.29) is 11.8 Å². The average Bonchev–Trinajstić information content (AvgIpc) is 3.21. The number of hydrogen-bond donors (Lipinski definition) is 0. The van der Waals surface area contributed by atoms with Crippen molar-refractivity contribution in [1.82, 2.24) is 14.8 Å². The monoisotopic (exact) mass is 409 g/mol. The van der Waals surface area contributed by atoms with E-state index in [2.05, 4.69) is 4.98 Å². The van der Waals surface area contributed by atoms with Gasteiger partial charge in [-0.05, 0) is 37.5 Å². The molecule has 2 aliphatic rings. The number of methoxy groups -OCH3 is 2. The largest absolute Gasteiger partial charge is 0.493 e. The van der Waals surface area contributed by atoms with Crippen molar-refractivity contribution in [2.75, 3.05) is 33.9 Å². The zero-order valence-corrected chi connectivity index (χ0v) is 17.5. The summed E-state index contributed by atoms with van der Waals surface area (Å²) in [6, 6.07) is 9.24. The molecule has 2 amide bonds. The van der Waals surface area contributed by atoms with Crippen LogP contribution in [0.1, 0.15) is 35.2 Å². The second-order valence-corrected chi connectivity index (χ2v) is 7.98. The second-order valence-electron chi connectivity index (χ2n) is 7.98. The summed E-state index contributed by atoms with van der Waals surface area (Å²) in [4.78, 5) is 34.1. The molecule has 2 saturated heterocycles. The quantitative estimate of drug-likeness (QED) is 0.759. The molecule has 0 radical (unpaired) electrons. The highest BCUT2D eigenvalue weighted by atomic mass is 16.5. The van der Waals surface area contributed by atoms with Crippen molar-refractivity contribution in [3.05, 3.63) is 53.9 Å². The van der Waals surface area contributed by atoms with Crippen LogP contribution >= 0.6 is 0 Å². The molecule has 4 rings (SSSR count). The van der Waals surface area contributed by atoms with E-state index in [1.54, 1.807) is 43.6 Å². The van der Waals surface area contributed by atoms with E-state index in [4.69, 9.17) is 9.47 Å². The molecule has 1 aromatic carbocycles. The maximum atomic E-state index is 13.5. The first-order valence-corrected chi connectivity index (χ1v) is 10.3. The summed E-state index contributed by atoms with van der Waals surface area (Å²) in [5, 5.41) is 0. The van der Waals surface area contributed by atoms with Gasteiger partial charge >= 0.3 is 0 Å². The highest BCUT2D eigenvalue weighted by molar-refractivity contribution is 5.95. The first kappa shape index (κ1) is 20.2. The van der Waals surface area contributed by atoms with Gasteiger partial charge in [-0.25, -0.2) is 0 Å². The molecule has 0 bridgehead atoms. The predicted molar refractivity (Wildman–Crippen MR) is 111 cm³/mol. The Kier molecular flexibility index (Phi) is 5.61. The van der Waals surface area contributed by atoms with Gasteiger partial charge in [-0.1, -0.05) is 12.1 Å². The minimum Gasteiger partial charge on any atom is -0.493 e. The highest BCUT2D eigenvalue weighted by Crippen LogP contribution is 2.41. The number of benzene rings is 1. The SMILES string of the molecule is COc1cccc(CN2CCCC3(CCN(C(=O)c4cccnc4)C3)C2=O)c1OC. The fraction of sp³-hybridized carbons (Fsp3) is 0.435. The van der Waals surface area contributed by atoms with E-state index in [1.165, 1.54) is 0 Å². The van der Waals surface area contributed by atoms with Crippen molar-refractivity contribution in [3.63, 3.8) is 0 Å². The molecule has 7 nitrogen and oxygen atoms in total. The van der Waals surface area contributed by atoms with Gasteiger partial charge in [0.2, 0.25) is 5.91 Å². The molecule has 158 valence electrons. The third-order valence-corrected chi connectivity index (χ3v) is 6.22. The normalized spacial score (nSPS) is 21.2. The summed E-state index contributed by atoms with van der Waals surface area (Å²) in [6.07, 6.45) is 5.67. The van der Waals surface area contributed by atoms with E-state index in [0.29, 0.717) is 49.7 Å². The molecule has 0 N–H and O–H groups in total. The number of para-hydroxylation sites is 1. The van der Waals surface area contributed by atoms with Crippen LogP contribution in [0.4, 0.5) is 0 Å². The summed E-state index contributed by atoms with van der Waals surface area (Å²) in [6.45, 7) is 2.23. The average molecular weight is 409 g/mol. The van der Waals surface area contributed by atoms with Crippen molar-refractivity contribution in [1.29, 1.82) is 0 Å². The fourth-order valence-corrected chi connectivity index (χ4v) is 4.68. The molecule has 2 aliphatic heterocycles. The molecule has 1 spiro atoms. The molecule has 30 heavy (non-hydrogen) atoms.